The minimum atomic E-state index is 0.878. The average Bonchev–Trinajstić information content (AvgIpc) is 3.24. The summed E-state index contributed by atoms with van der Waals surface area (Å²) in [6.07, 6.45) is 4.32. The smallest absolute Gasteiger partial charge is 0.119 e. The summed E-state index contributed by atoms with van der Waals surface area (Å²) in [4.78, 5) is 10.7. The molecule has 3 aromatic rings. The Kier molecular flexibility index (Phi) is 4.18. The number of para-hydroxylation sites is 1. The van der Waals surface area contributed by atoms with Crippen LogP contribution in [0.3, 0.4) is 0 Å². The largest absolute Gasteiger partial charge is 0.497 e. The van der Waals surface area contributed by atoms with Crippen LogP contribution in [0.15, 0.2) is 53.7 Å². The summed E-state index contributed by atoms with van der Waals surface area (Å²) >= 11 is 0. The first-order chi connectivity index (χ1) is 12.2. The van der Waals surface area contributed by atoms with Crippen molar-refractivity contribution >= 4 is 22.4 Å². The van der Waals surface area contributed by atoms with Gasteiger partial charge in [-0.25, -0.2) is 4.99 Å². The third-order valence-electron chi connectivity index (χ3n) is 4.88. The van der Waals surface area contributed by atoms with Gasteiger partial charge in [0.1, 0.15) is 11.6 Å². The van der Waals surface area contributed by atoms with Crippen LogP contribution in [-0.2, 0) is 6.54 Å². The fraction of sp³-hybridized carbons (Fsp3) is 0.286. The lowest BCUT2D eigenvalue weighted by Crippen LogP contribution is -2.24. The topological polar surface area (TPSA) is 40.6 Å². The lowest BCUT2D eigenvalue weighted by Gasteiger charge is -2.19. The molecule has 4 rings (SSSR count). The molecular weight excluding hydrogens is 310 g/mol. The zero-order valence-corrected chi connectivity index (χ0v) is 14.7. The molecule has 2 heterocycles. The van der Waals surface area contributed by atoms with Gasteiger partial charge in [0.15, 0.2) is 0 Å². The number of H-pyrrole nitrogens is 1. The molecule has 1 fully saturated rings. The molecule has 25 heavy (non-hydrogen) atoms. The zero-order chi connectivity index (χ0) is 17.2. The molecule has 1 aromatic heterocycles. The predicted octanol–water partition coefficient (Wildman–Crippen LogP) is 4.81. The predicted molar refractivity (Wildman–Crippen MR) is 103 cm³/mol. The molecule has 0 unspecified atom stereocenters. The lowest BCUT2D eigenvalue weighted by atomic mass is 10.1. The van der Waals surface area contributed by atoms with Gasteiger partial charge >= 0.3 is 0 Å². The summed E-state index contributed by atoms with van der Waals surface area (Å²) in [6.45, 7) is 4.05. The minimum Gasteiger partial charge on any atom is -0.497 e. The van der Waals surface area contributed by atoms with Gasteiger partial charge in [0.25, 0.3) is 0 Å². The van der Waals surface area contributed by atoms with Crippen molar-refractivity contribution in [1.29, 1.82) is 0 Å². The molecule has 0 radical (unpaired) electrons. The highest BCUT2D eigenvalue weighted by atomic mass is 16.5. The standard InChI is InChI=1S/C21H23N3O/c1-15-12-17(25-2)9-10-19(15)23-21-8-5-11-24(21)14-16-13-22-20-7-4-3-6-18(16)20/h3-4,6-7,9-10,12-13,22H,5,8,11,14H2,1-2H3. The van der Waals surface area contributed by atoms with Crippen molar-refractivity contribution < 1.29 is 4.74 Å². The van der Waals surface area contributed by atoms with Gasteiger partial charge in [0, 0.05) is 36.6 Å². The number of hydrogen-bond donors (Lipinski definition) is 1. The molecule has 4 nitrogen and oxygen atoms in total. The fourth-order valence-corrected chi connectivity index (χ4v) is 3.50. The number of nitrogens with zero attached hydrogens (tertiary/aromatic N) is 2. The molecule has 1 N–H and O–H groups in total. The maximum atomic E-state index is 5.29. The lowest BCUT2D eigenvalue weighted by molar-refractivity contribution is 0.414. The van der Waals surface area contributed by atoms with Crippen LogP contribution in [0.2, 0.25) is 0 Å². The van der Waals surface area contributed by atoms with Crippen LogP contribution < -0.4 is 4.74 Å². The number of likely N-dealkylation sites (tertiary alicyclic amines) is 1. The van der Waals surface area contributed by atoms with Crippen molar-refractivity contribution in [2.45, 2.75) is 26.3 Å². The molecule has 2 aromatic carbocycles. The first-order valence-corrected chi connectivity index (χ1v) is 8.77. The summed E-state index contributed by atoms with van der Waals surface area (Å²) in [5.41, 5.74) is 4.70. The van der Waals surface area contributed by atoms with E-state index < -0.39 is 0 Å². The number of aromatic amines is 1. The number of aromatic nitrogens is 1. The van der Waals surface area contributed by atoms with Gasteiger partial charge in [-0.15, -0.1) is 0 Å². The van der Waals surface area contributed by atoms with E-state index in [4.69, 9.17) is 9.73 Å². The highest BCUT2D eigenvalue weighted by molar-refractivity contribution is 5.88. The quantitative estimate of drug-likeness (QED) is 0.744. The second-order valence-electron chi connectivity index (χ2n) is 6.57. The van der Waals surface area contributed by atoms with Crippen molar-refractivity contribution in [2.75, 3.05) is 13.7 Å². The Bertz CT molecular complexity index is 926. The number of ether oxygens (including phenoxy) is 1. The third kappa shape index (κ3) is 3.12. The number of aryl methyl sites for hydroxylation is 1. The molecule has 0 atom stereocenters. The summed E-state index contributed by atoms with van der Waals surface area (Å²) in [6, 6.07) is 14.5. The molecule has 1 aliphatic heterocycles. The van der Waals surface area contributed by atoms with Gasteiger partial charge in [-0.3, -0.25) is 0 Å². The van der Waals surface area contributed by atoms with Crippen molar-refractivity contribution in [3.05, 3.63) is 59.8 Å². The Hall–Kier alpha value is -2.75. The van der Waals surface area contributed by atoms with Crippen molar-refractivity contribution in [1.82, 2.24) is 9.88 Å². The number of aliphatic imine (C=N–C) groups is 1. The molecule has 0 aliphatic carbocycles. The van der Waals surface area contributed by atoms with Crippen molar-refractivity contribution in [3.63, 3.8) is 0 Å². The monoisotopic (exact) mass is 333 g/mol. The van der Waals surface area contributed by atoms with E-state index in [0.29, 0.717) is 0 Å². The van der Waals surface area contributed by atoms with Crippen LogP contribution in [0.5, 0.6) is 5.75 Å². The highest BCUT2D eigenvalue weighted by Gasteiger charge is 2.20. The van der Waals surface area contributed by atoms with Gasteiger partial charge in [-0.2, -0.15) is 0 Å². The maximum absolute atomic E-state index is 5.29. The maximum Gasteiger partial charge on any atom is 0.119 e. The molecule has 0 bridgehead atoms. The van der Waals surface area contributed by atoms with Gasteiger partial charge in [0.05, 0.1) is 12.8 Å². The van der Waals surface area contributed by atoms with E-state index in [-0.39, 0.29) is 0 Å². The van der Waals surface area contributed by atoms with Crippen LogP contribution >= 0.6 is 0 Å². The average molecular weight is 333 g/mol. The van der Waals surface area contributed by atoms with E-state index in [1.807, 2.05) is 18.2 Å². The van der Waals surface area contributed by atoms with E-state index in [1.54, 1.807) is 7.11 Å². The SMILES string of the molecule is COc1ccc(N=C2CCCN2Cc2c[nH]c3ccccc23)c(C)c1. The van der Waals surface area contributed by atoms with Gasteiger partial charge in [0.2, 0.25) is 0 Å². The Balaban J connectivity index is 1.60. The summed E-state index contributed by atoms with van der Waals surface area (Å²) in [5, 5.41) is 1.30. The number of amidine groups is 1. The molecule has 0 saturated carbocycles. The van der Waals surface area contributed by atoms with E-state index in [1.165, 1.54) is 22.3 Å². The van der Waals surface area contributed by atoms with Gasteiger partial charge < -0.3 is 14.6 Å². The van der Waals surface area contributed by atoms with Crippen molar-refractivity contribution in [2.24, 2.45) is 4.99 Å². The highest BCUT2D eigenvalue weighted by Crippen LogP contribution is 2.27. The molecule has 4 heteroatoms. The molecule has 128 valence electrons. The van der Waals surface area contributed by atoms with Crippen LogP contribution in [0.4, 0.5) is 5.69 Å². The second-order valence-corrected chi connectivity index (χ2v) is 6.57. The molecule has 1 aliphatic rings. The number of nitrogens with one attached hydrogen (secondary N) is 1. The summed E-state index contributed by atoms with van der Waals surface area (Å²) in [5.74, 6) is 2.06. The second kappa shape index (κ2) is 6.63. The zero-order valence-electron chi connectivity index (χ0n) is 14.7. The Morgan fingerprint density at radius 1 is 1.20 bits per heavy atom. The molecule has 1 saturated heterocycles. The first kappa shape index (κ1) is 15.8. The number of hydrogen-bond acceptors (Lipinski definition) is 2. The summed E-state index contributed by atoms with van der Waals surface area (Å²) in [7, 11) is 1.69. The normalized spacial score (nSPS) is 16.1. The number of fused-ring (bicyclic) bond motifs is 1. The molecular formula is C21H23N3O. The Morgan fingerprint density at radius 2 is 2.08 bits per heavy atom. The Labute approximate surface area is 148 Å². The van der Waals surface area contributed by atoms with Crippen LogP contribution in [-0.4, -0.2) is 29.4 Å². The third-order valence-corrected chi connectivity index (χ3v) is 4.88. The Morgan fingerprint density at radius 3 is 2.92 bits per heavy atom. The van der Waals surface area contributed by atoms with Crippen LogP contribution in [0, 0.1) is 6.92 Å². The minimum absolute atomic E-state index is 0.878. The van der Waals surface area contributed by atoms with E-state index in [0.717, 1.165) is 42.9 Å². The van der Waals surface area contributed by atoms with Gasteiger partial charge in [-0.05, 0) is 48.7 Å². The van der Waals surface area contributed by atoms with Crippen LogP contribution in [0.25, 0.3) is 10.9 Å². The van der Waals surface area contributed by atoms with E-state index in [9.17, 15) is 0 Å². The first-order valence-electron chi connectivity index (χ1n) is 8.77. The number of rotatable bonds is 4. The fourth-order valence-electron chi connectivity index (χ4n) is 3.50. The van der Waals surface area contributed by atoms with Crippen LogP contribution in [0.1, 0.15) is 24.0 Å². The van der Waals surface area contributed by atoms with Crippen molar-refractivity contribution in [3.8, 4) is 5.75 Å². The van der Waals surface area contributed by atoms with E-state index in [2.05, 4.69) is 47.3 Å². The van der Waals surface area contributed by atoms with Gasteiger partial charge in [-0.1, -0.05) is 18.2 Å². The number of methoxy groups -OCH3 is 1. The van der Waals surface area contributed by atoms with E-state index >= 15 is 0 Å². The number of benzene rings is 2. The summed E-state index contributed by atoms with van der Waals surface area (Å²) < 4.78 is 5.29. The molecule has 0 spiro atoms. The molecule has 0 amide bonds.